The number of ether oxygens (including phenoxy) is 1. The van der Waals surface area contributed by atoms with Crippen molar-refractivity contribution in [2.45, 2.75) is 4.90 Å². The summed E-state index contributed by atoms with van der Waals surface area (Å²) in [6, 6.07) is 7.66. The average Bonchev–Trinajstić information content (AvgIpc) is 2.68. The second-order valence-corrected chi connectivity index (χ2v) is 8.43. The van der Waals surface area contributed by atoms with Gasteiger partial charge in [-0.3, -0.25) is 10.1 Å². The molecule has 1 saturated heterocycles. The molecule has 2 aromatic carbocycles. The number of hydrogen-bond donors (Lipinski definition) is 0. The summed E-state index contributed by atoms with van der Waals surface area (Å²) in [4.78, 5) is 24.6. The first-order valence-corrected chi connectivity index (χ1v) is 10.1. The molecule has 0 N–H and O–H groups in total. The van der Waals surface area contributed by atoms with E-state index < -0.39 is 38.2 Å². The van der Waals surface area contributed by atoms with Crippen molar-refractivity contribution in [3.8, 4) is 5.75 Å². The highest BCUT2D eigenvalue weighted by Gasteiger charge is 2.28. The van der Waals surface area contributed by atoms with Crippen LogP contribution in [0.1, 0.15) is 10.4 Å². The maximum atomic E-state index is 13.4. The normalized spacial score (nSPS) is 15.8. The fraction of sp³-hybridized carbons (Fsp3) is 0.278. The Morgan fingerprint density at radius 3 is 2.48 bits per heavy atom. The van der Waals surface area contributed by atoms with E-state index in [4.69, 9.17) is 4.74 Å². The lowest BCUT2D eigenvalue weighted by Crippen LogP contribution is -2.47. The van der Waals surface area contributed by atoms with Gasteiger partial charge in [-0.1, -0.05) is 6.07 Å². The van der Waals surface area contributed by atoms with Crippen LogP contribution in [0.3, 0.4) is 0 Å². The summed E-state index contributed by atoms with van der Waals surface area (Å²) < 4.78 is 45.4. The minimum absolute atomic E-state index is 0.0924. The molecule has 0 spiro atoms. The average molecular weight is 423 g/mol. The number of benzene rings is 2. The summed E-state index contributed by atoms with van der Waals surface area (Å²) in [6.07, 6.45) is 0. The highest BCUT2D eigenvalue weighted by atomic mass is 32.2. The van der Waals surface area contributed by atoms with Crippen LogP contribution in [0.2, 0.25) is 0 Å². The first kappa shape index (κ1) is 20.8. The van der Waals surface area contributed by atoms with Crippen LogP contribution in [0.15, 0.2) is 47.4 Å². The van der Waals surface area contributed by atoms with E-state index in [0.717, 1.165) is 24.3 Å². The van der Waals surface area contributed by atoms with Crippen molar-refractivity contribution in [3.63, 3.8) is 0 Å². The predicted octanol–water partition coefficient (Wildman–Crippen LogP) is 1.89. The molecule has 1 aliphatic rings. The number of sulfonamides is 1. The highest BCUT2D eigenvalue weighted by molar-refractivity contribution is 7.89. The van der Waals surface area contributed by atoms with Gasteiger partial charge in [0.25, 0.3) is 0 Å². The van der Waals surface area contributed by atoms with Crippen molar-refractivity contribution in [3.05, 3.63) is 64.0 Å². The molecule has 0 saturated carbocycles. The van der Waals surface area contributed by atoms with Gasteiger partial charge in [0, 0.05) is 38.3 Å². The Labute approximate surface area is 166 Å². The van der Waals surface area contributed by atoms with Gasteiger partial charge in [0.05, 0.1) is 15.4 Å². The van der Waals surface area contributed by atoms with Crippen LogP contribution >= 0.6 is 0 Å². The molecular weight excluding hydrogens is 405 g/mol. The Balaban J connectivity index is 1.85. The van der Waals surface area contributed by atoms with Crippen LogP contribution in [-0.4, -0.2) is 61.7 Å². The summed E-state index contributed by atoms with van der Waals surface area (Å²) in [5.74, 6) is -2.41. The van der Waals surface area contributed by atoms with E-state index in [-0.39, 0.29) is 10.5 Å². The van der Waals surface area contributed by atoms with Gasteiger partial charge in [0.2, 0.25) is 15.8 Å². The minimum atomic E-state index is -3.81. The number of carbonyl (C=O) groups excluding carboxylic acids is 1. The van der Waals surface area contributed by atoms with Crippen molar-refractivity contribution >= 4 is 21.7 Å². The zero-order valence-corrected chi connectivity index (χ0v) is 16.3. The number of piperazine rings is 1. The third-order valence-electron chi connectivity index (χ3n) is 4.49. The van der Waals surface area contributed by atoms with Gasteiger partial charge in [-0.25, -0.2) is 17.6 Å². The van der Waals surface area contributed by atoms with Gasteiger partial charge in [-0.2, -0.15) is 4.31 Å². The molecule has 0 aliphatic carbocycles. The third kappa shape index (κ3) is 4.58. The highest BCUT2D eigenvalue weighted by Crippen LogP contribution is 2.28. The van der Waals surface area contributed by atoms with Crippen molar-refractivity contribution in [2.75, 3.05) is 33.2 Å². The number of rotatable bonds is 5. The topological polar surface area (TPSA) is 110 Å². The summed E-state index contributed by atoms with van der Waals surface area (Å²) in [6.45, 7) is 1.82. The summed E-state index contributed by atoms with van der Waals surface area (Å²) in [7, 11) is -1.92. The molecule has 0 bridgehead atoms. The fourth-order valence-corrected chi connectivity index (χ4v) is 4.31. The molecule has 3 rings (SSSR count). The zero-order valence-electron chi connectivity index (χ0n) is 15.4. The molecule has 0 atom stereocenters. The molecule has 29 heavy (non-hydrogen) atoms. The first-order valence-electron chi connectivity index (χ1n) is 8.63. The van der Waals surface area contributed by atoms with Gasteiger partial charge in [-0.05, 0) is 31.3 Å². The first-order chi connectivity index (χ1) is 13.7. The lowest BCUT2D eigenvalue weighted by Gasteiger charge is -2.31. The molecule has 9 nitrogen and oxygen atoms in total. The van der Waals surface area contributed by atoms with Crippen molar-refractivity contribution in [2.24, 2.45) is 0 Å². The molecule has 1 fully saturated rings. The van der Waals surface area contributed by atoms with Crippen LogP contribution in [-0.2, 0) is 10.0 Å². The Bertz CT molecular complexity index is 1050. The van der Waals surface area contributed by atoms with Gasteiger partial charge in [0.1, 0.15) is 5.82 Å². The van der Waals surface area contributed by atoms with Crippen molar-refractivity contribution in [1.29, 1.82) is 0 Å². The van der Waals surface area contributed by atoms with Crippen LogP contribution < -0.4 is 4.74 Å². The lowest BCUT2D eigenvalue weighted by atomic mass is 10.2. The third-order valence-corrected chi connectivity index (χ3v) is 6.39. The van der Waals surface area contributed by atoms with E-state index in [1.165, 1.54) is 22.5 Å². The van der Waals surface area contributed by atoms with Crippen molar-refractivity contribution in [1.82, 2.24) is 9.21 Å². The van der Waals surface area contributed by atoms with Crippen molar-refractivity contribution < 1.29 is 27.3 Å². The molecular formula is C18H18FN3O6S. The molecule has 2 aromatic rings. The number of likely N-dealkylation sites (N-methyl/N-ethyl adjacent to an activating group) is 1. The van der Waals surface area contributed by atoms with E-state index in [0.29, 0.717) is 26.2 Å². The fourth-order valence-electron chi connectivity index (χ4n) is 2.84. The van der Waals surface area contributed by atoms with Crippen LogP contribution in [0.25, 0.3) is 0 Å². The Morgan fingerprint density at radius 1 is 1.14 bits per heavy atom. The maximum absolute atomic E-state index is 13.4. The van der Waals surface area contributed by atoms with E-state index in [1.54, 1.807) is 0 Å². The molecule has 1 heterocycles. The molecule has 11 heteroatoms. The molecule has 0 aromatic heterocycles. The van der Waals surface area contributed by atoms with Gasteiger partial charge < -0.3 is 9.64 Å². The van der Waals surface area contributed by atoms with Crippen LogP contribution in [0.5, 0.6) is 5.75 Å². The van der Waals surface area contributed by atoms with E-state index in [9.17, 15) is 27.7 Å². The number of halogens is 1. The van der Waals surface area contributed by atoms with E-state index in [2.05, 4.69) is 0 Å². The molecule has 0 unspecified atom stereocenters. The number of nitro groups is 1. The SMILES string of the molecule is CN1CCN(S(=O)(=O)c2cccc(C(=O)Oc3cc(F)ccc3[N+](=O)[O-])c2)CC1. The smallest absolute Gasteiger partial charge is 0.343 e. The second kappa shape index (κ2) is 8.23. The van der Waals surface area contributed by atoms with E-state index in [1.807, 2.05) is 11.9 Å². The number of nitro benzene ring substituents is 1. The molecule has 0 radical (unpaired) electrons. The molecule has 154 valence electrons. The molecule has 1 aliphatic heterocycles. The summed E-state index contributed by atoms with van der Waals surface area (Å²) in [5.41, 5.74) is -0.709. The zero-order chi connectivity index (χ0) is 21.2. The maximum Gasteiger partial charge on any atom is 0.343 e. The van der Waals surface area contributed by atoms with Gasteiger partial charge >= 0.3 is 11.7 Å². The van der Waals surface area contributed by atoms with Crippen LogP contribution in [0, 0.1) is 15.9 Å². The lowest BCUT2D eigenvalue weighted by molar-refractivity contribution is -0.385. The van der Waals surface area contributed by atoms with Gasteiger partial charge in [0.15, 0.2) is 0 Å². The van der Waals surface area contributed by atoms with E-state index >= 15 is 0 Å². The van der Waals surface area contributed by atoms with Crippen LogP contribution in [0.4, 0.5) is 10.1 Å². The number of hydrogen-bond acceptors (Lipinski definition) is 7. The monoisotopic (exact) mass is 423 g/mol. The Morgan fingerprint density at radius 2 is 1.83 bits per heavy atom. The van der Waals surface area contributed by atoms with Gasteiger partial charge in [-0.15, -0.1) is 0 Å². The predicted molar refractivity (Wildman–Crippen MR) is 101 cm³/mol. The summed E-state index contributed by atoms with van der Waals surface area (Å²) >= 11 is 0. The number of carbonyl (C=O) groups is 1. The minimum Gasteiger partial charge on any atom is -0.415 e. The largest absolute Gasteiger partial charge is 0.415 e. The molecule has 0 amide bonds. The standard InChI is InChI=1S/C18H18FN3O6S/c1-20-7-9-21(10-8-20)29(26,27)15-4-2-3-13(11-15)18(23)28-17-12-14(19)5-6-16(17)22(24)25/h2-6,11-12H,7-10H2,1H3. The Kier molecular flexibility index (Phi) is 5.91. The summed E-state index contributed by atoms with van der Waals surface area (Å²) in [5, 5.41) is 11.0. The second-order valence-electron chi connectivity index (χ2n) is 6.49. The number of nitrogens with zero attached hydrogens (tertiary/aromatic N) is 3. The Hall–Kier alpha value is -2.89. The quantitative estimate of drug-likeness (QED) is 0.313. The number of esters is 1.